The van der Waals surface area contributed by atoms with Gasteiger partial charge in [0.1, 0.15) is 11.5 Å². The molecule has 4 rings (SSSR count). The molecular formula is C26H33N3O5. The fourth-order valence-corrected chi connectivity index (χ4v) is 4.99. The van der Waals surface area contributed by atoms with Gasteiger partial charge in [0.15, 0.2) is 0 Å². The van der Waals surface area contributed by atoms with Gasteiger partial charge in [-0.25, -0.2) is 0 Å². The summed E-state index contributed by atoms with van der Waals surface area (Å²) in [6, 6.07) is 14.6. The zero-order chi connectivity index (χ0) is 24.1. The van der Waals surface area contributed by atoms with Gasteiger partial charge in [0.2, 0.25) is 5.91 Å². The first-order chi connectivity index (χ1) is 16.5. The molecule has 0 aromatic heterocycles. The van der Waals surface area contributed by atoms with Gasteiger partial charge in [-0.2, -0.15) is 0 Å². The summed E-state index contributed by atoms with van der Waals surface area (Å²) >= 11 is 0. The van der Waals surface area contributed by atoms with E-state index in [2.05, 4.69) is 10.2 Å². The smallest absolute Gasteiger partial charge is 0.253 e. The molecule has 2 aliphatic heterocycles. The highest BCUT2D eigenvalue weighted by Crippen LogP contribution is 2.28. The highest BCUT2D eigenvalue weighted by Gasteiger charge is 2.41. The number of amides is 2. The lowest BCUT2D eigenvalue weighted by Crippen LogP contribution is -2.52. The Kier molecular flexibility index (Phi) is 7.70. The molecule has 2 saturated heterocycles. The summed E-state index contributed by atoms with van der Waals surface area (Å²) in [7, 11) is 3.20. The van der Waals surface area contributed by atoms with E-state index in [9.17, 15) is 14.7 Å². The van der Waals surface area contributed by atoms with Crippen LogP contribution in [-0.4, -0.2) is 78.8 Å². The number of rotatable bonds is 7. The number of carbonyl (C=O) groups excluding carboxylic acids is 2. The number of β-amino-alcohol motifs (C(OH)–C–C–N with tert-alkyl or cyclic N) is 1. The maximum Gasteiger partial charge on any atom is 0.253 e. The third-order valence-corrected chi connectivity index (χ3v) is 6.80. The molecule has 0 spiro atoms. The number of para-hydroxylation sites is 1. The average Bonchev–Trinajstić information content (AvgIpc) is 3.28. The first-order valence-electron chi connectivity index (χ1n) is 11.8. The van der Waals surface area contributed by atoms with Gasteiger partial charge in [-0.1, -0.05) is 24.3 Å². The Morgan fingerprint density at radius 2 is 1.82 bits per heavy atom. The van der Waals surface area contributed by atoms with E-state index in [0.717, 1.165) is 24.2 Å². The van der Waals surface area contributed by atoms with Crippen LogP contribution in [0.1, 0.15) is 35.2 Å². The van der Waals surface area contributed by atoms with E-state index in [1.165, 1.54) is 0 Å². The van der Waals surface area contributed by atoms with Crippen molar-refractivity contribution in [1.82, 2.24) is 15.1 Å². The van der Waals surface area contributed by atoms with E-state index in [4.69, 9.17) is 9.47 Å². The second-order valence-electron chi connectivity index (χ2n) is 8.89. The summed E-state index contributed by atoms with van der Waals surface area (Å²) < 4.78 is 10.6. The maximum absolute atomic E-state index is 13.1. The van der Waals surface area contributed by atoms with Crippen molar-refractivity contribution in [2.45, 2.75) is 44.0 Å². The molecule has 2 aromatic rings. The predicted molar refractivity (Wildman–Crippen MR) is 128 cm³/mol. The van der Waals surface area contributed by atoms with Crippen LogP contribution in [0.15, 0.2) is 48.5 Å². The van der Waals surface area contributed by atoms with Crippen LogP contribution in [0.25, 0.3) is 0 Å². The van der Waals surface area contributed by atoms with Crippen molar-refractivity contribution < 1.29 is 24.2 Å². The monoisotopic (exact) mass is 467 g/mol. The SMILES string of the molecule is COc1cccc(C(=O)N2CCC(N3C[C@H](O)C[C@H]3C(=O)NCc3ccccc3OC)CC2)c1. The molecule has 2 heterocycles. The Hall–Kier alpha value is -3.10. The molecule has 0 aliphatic carbocycles. The normalized spacial score (nSPS) is 21.3. The van der Waals surface area contributed by atoms with Crippen LogP contribution in [0.4, 0.5) is 0 Å². The Morgan fingerprint density at radius 1 is 1.06 bits per heavy atom. The molecule has 2 aromatic carbocycles. The quantitative estimate of drug-likeness (QED) is 0.648. The van der Waals surface area contributed by atoms with E-state index >= 15 is 0 Å². The second-order valence-corrected chi connectivity index (χ2v) is 8.89. The van der Waals surface area contributed by atoms with Crippen molar-refractivity contribution in [3.05, 3.63) is 59.7 Å². The van der Waals surface area contributed by atoms with Crippen molar-refractivity contribution in [2.75, 3.05) is 33.9 Å². The first kappa shape index (κ1) is 24.0. The minimum absolute atomic E-state index is 0.00934. The van der Waals surface area contributed by atoms with E-state index in [1.54, 1.807) is 26.4 Å². The summed E-state index contributed by atoms with van der Waals surface area (Å²) in [5.41, 5.74) is 1.52. The molecule has 0 saturated carbocycles. The Bertz CT molecular complexity index is 1010. The van der Waals surface area contributed by atoms with E-state index in [-0.39, 0.29) is 23.9 Å². The molecule has 2 aliphatic rings. The van der Waals surface area contributed by atoms with Crippen LogP contribution >= 0.6 is 0 Å². The van der Waals surface area contributed by atoms with Crippen LogP contribution in [0, 0.1) is 0 Å². The number of ether oxygens (including phenoxy) is 2. The molecule has 182 valence electrons. The van der Waals surface area contributed by atoms with Gasteiger partial charge >= 0.3 is 0 Å². The second kappa shape index (κ2) is 10.9. The lowest BCUT2D eigenvalue weighted by atomic mass is 10.0. The van der Waals surface area contributed by atoms with E-state index in [1.807, 2.05) is 41.3 Å². The fourth-order valence-electron chi connectivity index (χ4n) is 4.99. The summed E-state index contributed by atoms with van der Waals surface area (Å²) in [5, 5.41) is 13.4. The third kappa shape index (κ3) is 5.34. The Labute approximate surface area is 200 Å². The van der Waals surface area contributed by atoms with Crippen LogP contribution in [0.3, 0.4) is 0 Å². The lowest BCUT2D eigenvalue weighted by Gasteiger charge is -2.39. The van der Waals surface area contributed by atoms with Gasteiger partial charge in [0.25, 0.3) is 5.91 Å². The number of nitrogens with zero attached hydrogens (tertiary/aromatic N) is 2. The Morgan fingerprint density at radius 3 is 2.56 bits per heavy atom. The first-order valence-corrected chi connectivity index (χ1v) is 11.8. The van der Waals surface area contributed by atoms with Gasteiger partial charge in [-0.05, 0) is 43.5 Å². The molecule has 8 nitrogen and oxygen atoms in total. The van der Waals surface area contributed by atoms with Crippen molar-refractivity contribution in [3.63, 3.8) is 0 Å². The topological polar surface area (TPSA) is 91.3 Å². The third-order valence-electron chi connectivity index (χ3n) is 6.80. The van der Waals surface area contributed by atoms with Crippen molar-refractivity contribution in [1.29, 1.82) is 0 Å². The summed E-state index contributed by atoms with van der Waals surface area (Å²) in [6.45, 7) is 2.07. The van der Waals surface area contributed by atoms with Crippen LogP contribution in [0.2, 0.25) is 0 Å². The van der Waals surface area contributed by atoms with Crippen LogP contribution in [0.5, 0.6) is 11.5 Å². The van der Waals surface area contributed by atoms with Gasteiger partial charge in [0.05, 0.1) is 26.4 Å². The number of hydrogen-bond acceptors (Lipinski definition) is 6. The number of hydrogen-bond donors (Lipinski definition) is 2. The van der Waals surface area contributed by atoms with Crippen molar-refractivity contribution in [3.8, 4) is 11.5 Å². The zero-order valence-corrected chi connectivity index (χ0v) is 19.8. The zero-order valence-electron chi connectivity index (χ0n) is 19.8. The highest BCUT2D eigenvalue weighted by atomic mass is 16.5. The average molecular weight is 468 g/mol. The predicted octanol–water partition coefficient (Wildman–Crippen LogP) is 2.06. The Balaban J connectivity index is 1.35. The number of likely N-dealkylation sites (tertiary alicyclic amines) is 2. The van der Waals surface area contributed by atoms with Crippen LogP contribution < -0.4 is 14.8 Å². The minimum Gasteiger partial charge on any atom is -0.497 e. The maximum atomic E-state index is 13.1. The number of nitrogens with one attached hydrogen (secondary N) is 1. The fraction of sp³-hybridized carbons (Fsp3) is 0.462. The van der Waals surface area contributed by atoms with Crippen molar-refractivity contribution >= 4 is 11.8 Å². The van der Waals surface area contributed by atoms with E-state index < -0.39 is 6.10 Å². The number of aliphatic hydroxyl groups is 1. The summed E-state index contributed by atoms with van der Waals surface area (Å²) in [4.78, 5) is 30.0. The largest absolute Gasteiger partial charge is 0.497 e. The van der Waals surface area contributed by atoms with Gasteiger partial charge in [0, 0.05) is 43.3 Å². The number of carbonyl (C=O) groups is 2. The lowest BCUT2D eigenvalue weighted by molar-refractivity contribution is -0.126. The molecular weight excluding hydrogens is 434 g/mol. The molecule has 0 radical (unpaired) electrons. The van der Waals surface area contributed by atoms with Gasteiger partial charge in [-0.15, -0.1) is 0 Å². The summed E-state index contributed by atoms with van der Waals surface area (Å²) in [6.07, 6.45) is 1.41. The molecule has 8 heteroatoms. The molecule has 0 bridgehead atoms. The number of aliphatic hydroxyl groups excluding tert-OH is 1. The number of methoxy groups -OCH3 is 2. The number of piperidine rings is 1. The molecule has 2 atom stereocenters. The molecule has 34 heavy (non-hydrogen) atoms. The summed E-state index contributed by atoms with van der Waals surface area (Å²) in [5.74, 6) is 1.30. The molecule has 2 fully saturated rings. The highest BCUT2D eigenvalue weighted by molar-refractivity contribution is 5.94. The van der Waals surface area contributed by atoms with Crippen molar-refractivity contribution in [2.24, 2.45) is 0 Å². The number of benzene rings is 2. The standard InChI is InChI=1S/C26H33N3O5/c1-33-22-8-5-7-18(14-22)26(32)28-12-10-20(11-13-28)29-17-21(30)15-23(29)25(31)27-16-19-6-3-4-9-24(19)34-2/h3-9,14,20-21,23,30H,10-13,15-17H2,1-2H3,(H,27,31)/t21-,23+/m1/s1. The minimum atomic E-state index is -0.529. The molecule has 2 N–H and O–H groups in total. The molecule has 0 unspecified atom stereocenters. The van der Waals surface area contributed by atoms with Crippen LogP contribution in [-0.2, 0) is 11.3 Å². The van der Waals surface area contributed by atoms with Gasteiger partial charge in [-0.3, -0.25) is 14.5 Å². The van der Waals surface area contributed by atoms with Gasteiger partial charge < -0.3 is 24.8 Å². The van der Waals surface area contributed by atoms with E-state index in [0.29, 0.717) is 43.9 Å². The molecule has 2 amide bonds.